The van der Waals surface area contributed by atoms with E-state index in [1.165, 1.54) is 6.42 Å². The Balaban J connectivity index is 2.11. The molecule has 0 aromatic rings. The molecule has 1 amide bonds. The molecule has 1 saturated heterocycles. The van der Waals surface area contributed by atoms with Crippen LogP contribution < -0.4 is 10.6 Å². The van der Waals surface area contributed by atoms with Gasteiger partial charge in [-0.3, -0.25) is 9.69 Å². The lowest BCUT2D eigenvalue weighted by atomic mass is 10.2. The molecule has 1 unspecified atom stereocenters. The first-order valence-electron chi connectivity index (χ1n) is 5.91. The van der Waals surface area contributed by atoms with Crippen LogP contribution in [0.5, 0.6) is 0 Å². The zero-order valence-corrected chi connectivity index (χ0v) is 9.88. The third-order valence-corrected chi connectivity index (χ3v) is 2.73. The summed E-state index contributed by atoms with van der Waals surface area (Å²) in [7, 11) is 2.00. The minimum Gasteiger partial charge on any atom is -0.351 e. The quantitative estimate of drug-likeness (QED) is 0.662. The topological polar surface area (TPSA) is 44.4 Å². The second-order valence-corrected chi connectivity index (χ2v) is 4.35. The van der Waals surface area contributed by atoms with E-state index in [-0.39, 0.29) is 5.91 Å². The standard InChI is InChI=1S/C11H23N3O/c1-3-4-7-14(2)9-11(15)13-10-5-6-12-8-10/h10,12H,3-9H2,1-2H3,(H,13,15). The minimum absolute atomic E-state index is 0.155. The fourth-order valence-corrected chi connectivity index (χ4v) is 1.80. The van der Waals surface area contributed by atoms with Crippen LogP contribution in [0.15, 0.2) is 0 Å². The van der Waals surface area contributed by atoms with Gasteiger partial charge in [0.15, 0.2) is 0 Å². The predicted octanol–water partition coefficient (Wildman–Crippen LogP) is 0.196. The summed E-state index contributed by atoms with van der Waals surface area (Å²) in [5.41, 5.74) is 0. The summed E-state index contributed by atoms with van der Waals surface area (Å²) in [5, 5.41) is 6.28. The van der Waals surface area contributed by atoms with Gasteiger partial charge in [-0.05, 0) is 33.0 Å². The van der Waals surface area contributed by atoms with Gasteiger partial charge in [0.1, 0.15) is 0 Å². The molecule has 2 N–H and O–H groups in total. The van der Waals surface area contributed by atoms with Crippen molar-refractivity contribution in [2.45, 2.75) is 32.2 Å². The predicted molar refractivity (Wildman–Crippen MR) is 61.8 cm³/mol. The van der Waals surface area contributed by atoms with E-state index >= 15 is 0 Å². The summed E-state index contributed by atoms with van der Waals surface area (Å²) in [4.78, 5) is 13.7. The van der Waals surface area contributed by atoms with E-state index in [1.807, 2.05) is 7.05 Å². The number of carbonyl (C=O) groups is 1. The van der Waals surface area contributed by atoms with Crippen molar-refractivity contribution in [2.75, 3.05) is 33.2 Å². The maximum atomic E-state index is 11.6. The number of likely N-dealkylation sites (N-methyl/N-ethyl adjacent to an activating group) is 1. The highest BCUT2D eigenvalue weighted by atomic mass is 16.2. The van der Waals surface area contributed by atoms with Gasteiger partial charge in [-0.1, -0.05) is 13.3 Å². The van der Waals surface area contributed by atoms with Crippen LogP contribution in [0.2, 0.25) is 0 Å². The molecule has 0 spiro atoms. The molecule has 1 rings (SSSR count). The Labute approximate surface area is 92.4 Å². The highest BCUT2D eigenvalue weighted by Crippen LogP contribution is 1.97. The molecule has 1 heterocycles. The summed E-state index contributed by atoms with van der Waals surface area (Å²) in [6, 6.07) is 0.345. The van der Waals surface area contributed by atoms with Gasteiger partial charge in [0.25, 0.3) is 0 Å². The highest BCUT2D eigenvalue weighted by Gasteiger charge is 2.16. The van der Waals surface area contributed by atoms with Crippen molar-refractivity contribution in [2.24, 2.45) is 0 Å². The Morgan fingerprint density at radius 3 is 3.00 bits per heavy atom. The smallest absolute Gasteiger partial charge is 0.234 e. The van der Waals surface area contributed by atoms with Crippen molar-refractivity contribution in [3.05, 3.63) is 0 Å². The van der Waals surface area contributed by atoms with E-state index in [0.717, 1.165) is 32.5 Å². The molecule has 0 radical (unpaired) electrons. The fraction of sp³-hybridized carbons (Fsp3) is 0.909. The van der Waals surface area contributed by atoms with Crippen LogP contribution in [-0.2, 0) is 4.79 Å². The molecule has 4 heteroatoms. The van der Waals surface area contributed by atoms with Crippen molar-refractivity contribution in [3.8, 4) is 0 Å². The van der Waals surface area contributed by atoms with Gasteiger partial charge in [-0.25, -0.2) is 0 Å². The molecule has 88 valence electrons. The molecule has 0 bridgehead atoms. The van der Waals surface area contributed by atoms with Crippen molar-refractivity contribution < 1.29 is 4.79 Å². The van der Waals surface area contributed by atoms with E-state index in [9.17, 15) is 4.79 Å². The lowest BCUT2D eigenvalue weighted by Gasteiger charge is -2.17. The molecule has 15 heavy (non-hydrogen) atoms. The van der Waals surface area contributed by atoms with Gasteiger partial charge in [0.05, 0.1) is 6.54 Å². The van der Waals surface area contributed by atoms with Gasteiger partial charge in [-0.2, -0.15) is 0 Å². The zero-order chi connectivity index (χ0) is 11.1. The second-order valence-electron chi connectivity index (χ2n) is 4.35. The van der Waals surface area contributed by atoms with Crippen LogP contribution in [0.1, 0.15) is 26.2 Å². The monoisotopic (exact) mass is 213 g/mol. The third-order valence-electron chi connectivity index (χ3n) is 2.73. The number of carbonyl (C=O) groups excluding carboxylic acids is 1. The zero-order valence-electron chi connectivity index (χ0n) is 9.88. The average Bonchev–Trinajstić information content (AvgIpc) is 2.67. The number of rotatable bonds is 6. The van der Waals surface area contributed by atoms with Crippen LogP contribution in [0.4, 0.5) is 0 Å². The molecule has 0 aromatic heterocycles. The Kier molecular flexibility index (Phi) is 5.65. The first-order valence-corrected chi connectivity index (χ1v) is 5.91. The van der Waals surface area contributed by atoms with Crippen LogP contribution in [0.3, 0.4) is 0 Å². The summed E-state index contributed by atoms with van der Waals surface area (Å²) in [6.45, 7) is 5.64. The summed E-state index contributed by atoms with van der Waals surface area (Å²) in [6.07, 6.45) is 3.40. The Morgan fingerprint density at radius 2 is 2.40 bits per heavy atom. The normalized spacial score (nSPS) is 20.9. The van der Waals surface area contributed by atoms with Gasteiger partial charge < -0.3 is 10.6 Å². The molecule has 1 fully saturated rings. The van der Waals surface area contributed by atoms with E-state index in [2.05, 4.69) is 22.5 Å². The van der Waals surface area contributed by atoms with Crippen LogP contribution in [-0.4, -0.2) is 50.1 Å². The van der Waals surface area contributed by atoms with Crippen LogP contribution in [0.25, 0.3) is 0 Å². The Hall–Kier alpha value is -0.610. The number of amides is 1. The molecule has 4 nitrogen and oxygen atoms in total. The average molecular weight is 213 g/mol. The summed E-state index contributed by atoms with van der Waals surface area (Å²) < 4.78 is 0. The Morgan fingerprint density at radius 1 is 1.60 bits per heavy atom. The minimum atomic E-state index is 0.155. The molecular formula is C11H23N3O. The third kappa shape index (κ3) is 5.14. The lowest BCUT2D eigenvalue weighted by molar-refractivity contribution is -0.122. The molecule has 0 aromatic carbocycles. The molecule has 0 saturated carbocycles. The van der Waals surface area contributed by atoms with E-state index in [0.29, 0.717) is 12.6 Å². The van der Waals surface area contributed by atoms with Crippen molar-refractivity contribution >= 4 is 5.91 Å². The number of nitrogens with one attached hydrogen (secondary N) is 2. The first kappa shape index (κ1) is 12.5. The van der Waals surface area contributed by atoms with Crippen molar-refractivity contribution in [1.82, 2.24) is 15.5 Å². The van der Waals surface area contributed by atoms with E-state index in [4.69, 9.17) is 0 Å². The molecule has 1 aliphatic rings. The maximum Gasteiger partial charge on any atom is 0.234 e. The maximum absolute atomic E-state index is 11.6. The van der Waals surface area contributed by atoms with Crippen LogP contribution in [0, 0.1) is 0 Å². The van der Waals surface area contributed by atoms with Crippen molar-refractivity contribution in [3.63, 3.8) is 0 Å². The Bertz CT molecular complexity index is 190. The van der Waals surface area contributed by atoms with Gasteiger partial charge in [-0.15, -0.1) is 0 Å². The number of hydrogen-bond acceptors (Lipinski definition) is 3. The van der Waals surface area contributed by atoms with E-state index in [1.54, 1.807) is 0 Å². The van der Waals surface area contributed by atoms with Crippen LogP contribution >= 0.6 is 0 Å². The van der Waals surface area contributed by atoms with Gasteiger partial charge >= 0.3 is 0 Å². The highest BCUT2D eigenvalue weighted by molar-refractivity contribution is 5.78. The molecule has 0 aliphatic carbocycles. The summed E-state index contributed by atoms with van der Waals surface area (Å²) in [5.74, 6) is 0.155. The van der Waals surface area contributed by atoms with Gasteiger partial charge in [0.2, 0.25) is 5.91 Å². The SMILES string of the molecule is CCCCN(C)CC(=O)NC1CCNC1. The number of hydrogen-bond donors (Lipinski definition) is 2. The molecule has 1 aliphatic heterocycles. The van der Waals surface area contributed by atoms with Gasteiger partial charge in [0, 0.05) is 12.6 Å². The van der Waals surface area contributed by atoms with E-state index < -0.39 is 0 Å². The summed E-state index contributed by atoms with van der Waals surface area (Å²) >= 11 is 0. The molecular weight excluding hydrogens is 190 g/mol. The lowest BCUT2D eigenvalue weighted by Crippen LogP contribution is -2.42. The number of nitrogens with zero attached hydrogens (tertiary/aromatic N) is 1. The largest absolute Gasteiger partial charge is 0.351 e. The second kappa shape index (κ2) is 6.80. The first-order chi connectivity index (χ1) is 7.22. The van der Waals surface area contributed by atoms with Crippen molar-refractivity contribution in [1.29, 1.82) is 0 Å². The molecule has 1 atom stereocenters. The number of unbranched alkanes of at least 4 members (excludes halogenated alkanes) is 1. The fourth-order valence-electron chi connectivity index (χ4n) is 1.80.